The third-order valence-electron chi connectivity index (χ3n) is 4.36. The van der Waals surface area contributed by atoms with Crippen molar-refractivity contribution < 1.29 is 13.2 Å². The number of aryl methyl sites for hydroxylation is 2. The molecule has 3 rings (SSSR count). The molecule has 30 heavy (non-hydrogen) atoms. The van der Waals surface area contributed by atoms with Crippen LogP contribution in [0.4, 0.5) is 17.1 Å². The first-order chi connectivity index (χ1) is 14.2. The van der Waals surface area contributed by atoms with Crippen molar-refractivity contribution in [1.29, 1.82) is 0 Å². The topological polar surface area (TPSA) is 87.3 Å². The van der Waals surface area contributed by atoms with Crippen molar-refractivity contribution in [2.45, 2.75) is 19.9 Å². The number of rotatable bonds is 7. The molecule has 3 aromatic rings. The standard InChI is InChI=1S/C23H25N3O3S/c1-16-12-17(2)14-21(13-16)25-23(27)22(18-8-5-4-6-9-18)24-19-10-7-11-20(15-19)26-30(3,28)29/h4-15,22,24,26H,1-3H3,(H,25,27). The van der Waals surface area contributed by atoms with Gasteiger partial charge in [0, 0.05) is 11.4 Å². The Bertz CT molecular complexity index is 1130. The molecule has 0 aromatic heterocycles. The van der Waals surface area contributed by atoms with Crippen molar-refractivity contribution in [3.63, 3.8) is 0 Å². The van der Waals surface area contributed by atoms with Gasteiger partial charge < -0.3 is 10.6 Å². The van der Waals surface area contributed by atoms with Crippen LogP contribution in [0.3, 0.4) is 0 Å². The molecular formula is C23H25N3O3S. The van der Waals surface area contributed by atoms with Crippen LogP contribution in [0.15, 0.2) is 72.8 Å². The van der Waals surface area contributed by atoms with Crippen LogP contribution in [-0.4, -0.2) is 20.6 Å². The minimum absolute atomic E-state index is 0.215. The minimum Gasteiger partial charge on any atom is -0.370 e. The molecule has 0 heterocycles. The van der Waals surface area contributed by atoms with Gasteiger partial charge in [0.25, 0.3) is 5.91 Å². The van der Waals surface area contributed by atoms with E-state index in [1.54, 1.807) is 24.3 Å². The van der Waals surface area contributed by atoms with E-state index in [1.807, 2.05) is 62.4 Å². The average Bonchev–Trinajstić information content (AvgIpc) is 2.65. The first-order valence-corrected chi connectivity index (χ1v) is 11.4. The summed E-state index contributed by atoms with van der Waals surface area (Å²) in [4.78, 5) is 13.2. The monoisotopic (exact) mass is 423 g/mol. The maximum absolute atomic E-state index is 13.2. The van der Waals surface area contributed by atoms with E-state index in [0.717, 1.165) is 28.6 Å². The molecule has 3 N–H and O–H groups in total. The van der Waals surface area contributed by atoms with Gasteiger partial charge in [0.15, 0.2) is 0 Å². The summed E-state index contributed by atoms with van der Waals surface area (Å²) in [6.07, 6.45) is 1.09. The van der Waals surface area contributed by atoms with Crippen LogP contribution in [0.5, 0.6) is 0 Å². The van der Waals surface area contributed by atoms with Gasteiger partial charge in [-0.2, -0.15) is 0 Å². The smallest absolute Gasteiger partial charge is 0.251 e. The highest BCUT2D eigenvalue weighted by atomic mass is 32.2. The van der Waals surface area contributed by atoms with Gasteiger partial charge in [0.1, 0.15) is 6.04 Å². The molecule has 0 radical (unpaired) electrons. The largest absolute Gasteiger partial charge is 0.370 e. The minimum atomic E-state index is -3.40. The van der Waals surface area contributed by atoms with Gasteiger partial charge in [0.05, 0.1) is 11.9 Å². The molecule has 0 aliphatic rings. The molecule has 6 nitrogen and oxygen atoms in total. The number of hydrogen-bond donors (Lipinski definition) is 3. The molecule has 1 amide bonds. The summed E-state index contributed by atoms with van der Waals surface area (Å²) in [6.45, 7) is 3.96. The van der Waals surface area contributed by atoms with E-state index in [2.05, 4.69) is 15.4 Å². The third-order valence-corrected chi connectivity index (χ3v) is 4.97. The summed E-state index contributed by atoms with van der Waals surface area (Å²) in [5.41, 5.74) is 4.69. The highest BCUT2D eigenvalue weighted by Gasteiger charge is 2.21. The zero-order valence-corrected chi connectivity index (χ0v) is 18.0. The highest BCUT2D eigenvalue weighted by molar-refractivity contribution is 7.92. The van der Waals surface area contributed by atoms with Gasteiger partial charge in [-0.05, 0) is 60.9 Å². The fraction of sp³-hybridized carbons (Fsp3) is 0.174. The van der Waals surface area contributed by atoms with Crippen LogP contribution >= 0.6 is 0 Å². The Labute approximate surface area is 177 Å². The highest BCUT2D eigenvalue weighted by Crippen LogP contribution is 2.24. The zero-order valence-electron chi connectivity index (χ0n) is 17.1. The number of anilines is 3. The normalized spacial score (nSPS) is 12.1. The molecule has 7 heteroatoms. The summed E-state index contributed by atoms with van der Waals surface area (Å²) in [7, 11) is -3.40. The molecule has 0 spiro atoms. The molecule has 0 saturated carbocycles. The first kappa shape index (κ1) is 21.4. The maximum Gasteiger partial charge on any atom is 0.251 e. The number of hydrogen-bond acceptors (Lipinski definition) is 4. The van der Waals surface area contributed by atoms with Crippen LogP contribution in [0.25, 0.3) is 0 Å². The Morgan fingerprint density at radius 2 is 1.43 bits per heavy atom. The van der Waals surface area contributed by atoms with Gasteiger partial charge in [0.2, 0.25) is 10.0 Å². The van der Waals surface area contributed by atoms with Crippen LogP contribution in [-0.2, 0) is 14.8 Å². The van der Waals surface area contributed by atoms with Gasteiger partial charge in [-0.3, -0.25) is 9.52 Å². The summed E-state index contributed by atoms with van der Waals surface area (Å²) >= 11 is 0. The Balaban J connectivity index is 1.88. The molecule has 0 saturated heterocycles. The lowest BCUT2D eigenvalue weighted by molar-refractivity contribution is -0.117. The lowest BCUT2D eigenvalue weighted by Gasteiger charge is -2.21. The van der Waals surface area contributed by atoms with E-state index >= 15 is 0 Å². The number of sulfonamides is 1. The van der Waals surface area contributed by atoms with Crippen molar-refractivity contribution in [3.8, 4) is 0 Å². The van der Waals surface area contributed by atoms with Gasteiger partial charge in [-0.1, -0.05) is 42.5 Å². The first-order valence-electron chi connectivity index (χ1n) is 9.48. The fourth-order valence-electron chi connectivity index (χ4n) is 3.26. The van der Waals surface area contributed by atoms with Crippen molar-refractivity contribution >= 4 is 33.0 Å². The van der Waals surface area contributed by atoms with Gasteiger partial charge in [-0.25, -0.2) is 8.42 Å². The number of amides is 1. The quantitative estimate of drug-likeness (QED) is 0.523. The lowest BCUT2D eigenvalue weighted by Crippen LogP contribution is -2.27. The molecule has 1 unspecified atom stereocenters. The van der Waals surface area contributed by atoms with Crippen molar-refractivity contribution in [3.05, 3.63) is 89.5 Å². The van der Waals surface area contributed by atoms with Crippen LogP contribution < -0.4 is 15.4 Å². The zero-order chi connectivity index (χ0) is 21.7. The molecule has 156 valence electrons. The Morgan fingerprint density at radius 3 is 2.07 bits per heavy atom. The second-order valence-corrected chi connectivity index (χ2v) is 9.06. The maximum atomic E-state index is 13.2. The van der Waals surface area contributed by atoms with Gasteiger partial charge >= 0.3 is 0 Å². The summed E-state index contributed by atoms with van der Waals surface area (Å²) in [5.74, 6) is -0.215. The van der Waals surface area contributed by atoms with Crippen LogP contribution in [0.2, 0.25) is 0 Å². The molecular weight excluding hydrogens is 398 g/mol. The van der Waals surface area contributed by atoms with Crippen LogP contribution in [0.1, 0.15) is 22.7 Å². The Hall–Kier alpha value is -3.32. The van der Waals surface area contributed by atoms with Crippen molar-refractivity contribution in [2.75, 3.05) is 21.6 Å². The average molecular weight is 424 g/mol. The van der Waals surface area contributed by atoms with Crippen molar-refractivity contribution in [2.24, 2.45) is 0 Å². The number of nitrogens with one attached hydrogen (secondary N) is 3. The van der Waals surface area contributed by atoms with Crippen LogP contribution in [0, 0.1) is 13.8 Å². The van der Waals surface area contributed by atoms with Gasteiger partial charge in [-0.15, -0.1) is 0 Å². The summed E-state index contributed by atoms with van der Waals surface area (Å²) in [6, 6.07) is 21.4. The lowest BCUT2D eigenvalue weighted by atomic mass is 10.0. The predicted molar refractivity (Wildman–Crippen MR) is 122 cm³/mol. The van der Waals surface area contributed by atoms with E-state index < -0.39 is 16.1 Å². The molecule has 0 aliphatic carbocycles. The van der Waals surface area contributed by atoms with E-state index in [1.165, 1.54) is 0 Å². The number of carbonyl (C=O) groups is 1. The van der Waals surface area contributed by atoms with E-state index in [4.69, 9.17) is 0 Å². The van der Waals surface area contributed by atoms with E-state index in [-0.39, 0.29) is 5.91 Å². The number of benzene rings is 3. The van der Waals surface area contributed by atoms with E-state index in [9.17, 15) is 13.2 Å². The third kappa shape index (κ3) is 6.09. The predicted octanol–water partition coefficient (Wildman–Crippen LogP) is 4.47. The molecule has 0 bridgehead atoms. The SMILES string of the molecule is Cc1cc(C)cc(NC(=O)C(Nc2cccc(NS(C)(=O)=O)c2)c2ccccc2)c1. The Morgan fingerprint density at radius 1 is 0.800 bits per heavy atom. The summed E-state index contributed by atoms with van der Waals surface area (Å²) in [5, 5.41) is 6.21. The second kappa shape index (κ2) is 9.00. The summed E-state index contributed by atoms with van der Waals surface area (Å²) < 4.78 is 25.5. The Kier molecular flexibility index (Phi) is 6.42. The number of carbonyl (C=O) groups excluding carboxylic acids is 1. The second-order valence-electron chi connectivity index (χ2n) is 7.31. The molecule has 1 atom stereocenters. The van der Waals surface area contributed by atoms with Crippen molar-refractivity contribution in [1.82, 2.24) is 0 Å². The fourth-order valence-corrected chi connectivity index (χ4v) is 3.82. The molecule has 3 aromatic carbocycles. The van der Waals surface area contributed by atoms with E-state index in [0.29, 0.717) is 11.4 Å². The molecule has 0 aliphatic heterocycles. The molecule has 0 fully saturated rings.